The summed E-state index contributed by atoms with van der Waals surface area (Å²) in [6.45, 7) is 1.22. The number of halogens is 1. The van der Waals surface area contributed by atoms with E-state index in [0.717, 1.165) is 11.0 Å². The maximum Gasteiger partial charge on any atom is 0.145 e. The van der Waals surface area contributed by atoms with E-state index in [2.05, 4.69) is 4.98 Å². The van der Waals surface area contributed by atoms with Gasteiger partial charge in [-0.2, -0.15) is 0 Å². The first kappa shape index (κ1) is 12.3. The SMILES string of the molecule is COCCn1c(-c2cscc2F)nc2ccccc21. The summed E-state index contributed by atoms with van der Waals surface area (Å²) < 4.78 is 20.9. The first-order valence-corrected chi connectivity index (χ1v) is 6.92. The number of ether oxygens (including phenoxy) is 1. The number of para-hydroxylation sites is 2. The average molecular weight is 276 g/mol. The van der Waals surface area contributed by atoms with E-state index in [1.54, 1.807) is 12.5 Å². The normalized spacial score (nSPS) is 11.3. The summed E-state index contributed by atoms with van der Waals surface area (Å²) in [6, 6.07) is 7.82. The van der Waals surface area contributed by atoms with Crippen LogP contribution in [0.1, 0.15) is 0 Å². The van der Waals surface area contributed by atoms with Gasteiger partial charge in [0, 0.05) is 24.4 Å². The lowest BCUT2D eigenvalue weighted by atomic mass is 10.3. The first-order valence-electron chi connectivity index (χ1n) is 5.97. The molecule has 98 valence electrons. The summed E-state index contributed by atoms with van der Waals surface area (Å²) in [4.78, 5) is 4.54. The quantitative estimate of drug-likeness (QED) is 0.728. The lowest BCUT2D eigenvalue weighted by Crippen LogP contribution is -2.06. The topological polar surface area (TPSA) is 27.1 Å². The predicted molar refractivity (Wildman–Crippen MR) is 74.9 cm³/mol. The van der Waals surface area contributed by atoms with Crippen LogP contribution in [0.2, 0.25) is 0 Å². The highest BCUT2D eigenvalue weighted by Gasteiger charge is 2.15. The maximum absolute atomic E-state index is 13.8. The smallest absolute Gasteiger partial charge is 0.145 e. The van der Waals surface area contributed by atoms with Gasteiger partial charge in [-0.05, 0) is 12.1 Å². The zero-order valence-electron chi connectivity index (χ0n) is 10.5. The van der Waals surface area contributed by atoms with Gasteiger partial charge in [-0.25, -0.2) is 9.37 Å². The van der Waals surface area contributed by atoms with Crippen molar-refractivity contribution in [3.05, 3.63) is 40.8 Å². The second-order valence-corrected chi connectivity index (χ2v) is 4.95. The molecule has 1 aromatic carbocycles. The van der Waals surface area contributed by atoms with Crippen LogP contribution < -0.4 is 0 Å². The second-order valence-electron chi connectivity index (χ2n) is 4.20. The molecule has 0 saturated heterocycles. The Morgan fingerprint density at radius 3 is 2.89 bits per heavy atom. The highest BCUT2D eigenvalue weighted by atomic mass is 32.1. The number of hydrogen-bond donors (Lipinski definition) is 0. The summed E-state index contributed by atoms with van der Waals surface area (Å²) >= 11 is 1.34. The number of nitrogens with zero attached hydrogens (tertiary/aromatic N) is 2. The summed E-state index contributed by atoms with van der Waals surface area (Å²) in [7, 11) is 1.66. The average Bonchev–Trinajstić information content (AvgIpc) is 2.99. The molecule has 3 aromatic rings. The van der Waals surface area contributed by atoms with Crippen LogP contribution >= 0.6 is 11.3 Å². The third-order valence-electron chi connectivity index (χ3n) is 3.03. The van der Waals surface area contributed by atoms with E-state index < -0.39 is 0 Å². The Bertz CT molecular complexity index is 704. The third kappa shape index (κ3) is 2.15. The van der Waals surface area contributed by atoms with Crippen molar-refractivity contribution in [3.8, 4) is 11.4 Å². The van der Waals surface area contributed by atoms with Gasteiger partial charge in [0.05, 0.1) is 23.2 Å². The van der Waals surface area contributed by atoms with Gasteiger partial charge in [-0.1, -0.05) is 12.1 Å². The Morgan fingerprint density at radius 1 is 1.32 bits per heavy atom. The molecule has 0 spiro atoms. The van der Waals surface area contributed by atoms with Gasteiger partial charge < -0.3 is 9.30 Å². The summed E-state index contributed by atoms with van der Waals surface area (Å²) in [5.41, 5.74) is 2.43. The number of rotatable bonds is 4. The van der Waals surface area contributed by atoms with Crippen molar-refractivity contribution >= 4 is 22.4 Å². The number of thiophene rings is 1. The molecule has 0 bridgehead atoms. The van der Waals surface area contributed by atoms with E-state index in [4.69, 9.17) is 4.74 Å². The van der Waals surface area contributed by atoms with E-state index in [9.17, 15) is 4.39 Å². The van der Waals surface area contributed by atoms with Crippen molar-refractivity contribution in [2.75, 3.05) is 13.7 Å². The highest BCUT2D eigenvalue weighted by molar-refractivity contribution is 7.08. The van der Waals surface area contributed by atoms with E-state index in [-0.39, 0.29) is 5.82 Å². The van der Waals surface area contributed by atoms with Crippen molar-refractivity contribution in [2.24, 2.45) is 0 Å². The van der Waals surface area contributed by atoms with Gasteiger partial charge in [0.25, 0.3) is 0 Å². The van der Waals surface area contributed by atoms with Crippen LogP contribution in [0.15, 0.2) is 35.0 Å². The van der Waals surface area contributed by atoms with Gasteiger partial charge >= 0.3 is 0 Å². The Labute approximate surface area is 114 Å². The predicted octanol–water partition coefficient (Wildman–Crippen LogP) is 3.55. The molecule has 3 nitrogen and oxygen atoms in total. The highest BCUT2D eigenvalue weighted by Crippen LogP contribution is 2.28. The van der Waals surface area contributed by atoms with Crippen LogP contribution in [-0.2, 0) is 11.3 Å². The lowest BCUT2D eigenvalue weighted by molar-refractivity contribution is 0.188. The Balaban J connectivity index is 2.20. The minimum Gasteiger partial charge on any atom is -0.383 e. The fourth-order valence-electron chi connectivity index (χ4n) is 2.13. The van der Waals surface area contributed by atoms with Gasteiger partial charge in [-0.15, -0.1) is 11.3 Å². The largest absolute Gasteiger partial charge is 0.383 e. The van der Waals surface area contributed by atoms with Crippen molar-refractivity contribution in [1.82, 2.24) is 9.55 Å². The molecule has 0 atom stereocenters. The number of imidazole rings is 1. The van der Waals surface area contributed by atoms with Gasteiger partial charge in [0.2, 0.25) is 0 Å². The van der Waals surface area contributed by atoms with Crippen LogP contribution in [0.25, 0.3) is 22.4 Å². The summed E-state index contributed by atoms with van der Waals surface area (Å²) in [5, 5.41) is 3.29. The number of aromatic nitrogens is 2. The Morgan fingerprint density at radius 2 is 2.16 bits per heavy atom. The van der Waals surface area contributed by atoms with Crippen LogP contribution in [0, 0.1) is 5.82 Å². The van der Waals surface area contributed by atoms with Crippen LogP contribution in [0.3, 0.4) is 0 Å². The van der Waals surface area contributed by atoms with E-state index in [1.807, 2.05) is 28.8 Å². The molecule has 0 saturated carbocycles. The number of fused-ring (bicyclic) bond motifs is 1. The van der Waals surface area contributed by atoms with Gasteiger partial charge in [-0.3, -0.25) is 0 Å². The van der Waals surface area contributed by atoms with E-state index in [0.29, 0.717) is 24.5 Å². The molecule has 0 aliphatic carbocycles. The zero-order chi connectivity index (χ0) is 13.2. The number of benzene rings is 1. The molecule has 2 aromatic heterocycles. The molecule has 0 N–H and O–H groups in total. The zero-order valence-corrected chi connectivity index (χ0v) is 11.3. The second kappa shape index (κ2) is 5.11. The standard InChI is InChI=1S/C14H13FN2OS/c1-18-7-6-17-13-5-3-2-4-12(13)16-14(17)10-8-19-9-11(10)15/h2-5,8-9H,6-7H2,1H3. The number of methoxy groups -OCH3 is 1. The minimum atomic E-state index is -0.223. The first-order chi connectivity index (χ1) is 9.31. The molecule has 2 heterocycles. The molecule has 3 rings (SSSR count). The van der Waals surface area contributed by atoms with E-state index in [1.165, 1.54) is 16.7 Å². The maximum atomic E-state index is 13.8. The molecule has 0 aliphatic rings. The Hall–Kier alpha value is -1.72. The van der Waals surface area contributed by atoms with Crippen molar-refractivity contribution in [3.63, 3.8) is 0 Å². The van der Waals surface area contributed by atoms with Crippen LogP contribution in [-0.4, -0.2) is 23.3 Å². The Kier molecular flexibility index (Phi) is 3.31. The fraction of sp³-hybridized carbons (Fsp3) is 0.214. The van der Waals surface area contributed by atoms with Crippen molar-refractivity contribution in [1.29, 1.82) is 0 Å². The third-order valence-corrected chi connectivity index (χ3v) is 3.74. The van der Waals surface area contributed by atoms with Crippen molar-refractivity contribution in [2.45, 2.75) is 6.54 Å². The van der Waals surface area contributed by atoms with Crippen LogP contribution in [0.4, 0.5) is 4.39 Å². The van der Waals surface area contributed by atoms with Gasteiger partial charge in [0.15, 0.2) is 0 Å². The molecule has 19 heavy (non-hydrogen) atoms. The molecule has 0 radical (unpaired) electrons. The molecule has 0 fully saturated rings. The van der Waals surface area contributed by atoms with Crippen molar-refractivity contribution < 1.29 is 9.13 Å². The molecular weight excluding hydrogens is 263 g/mol. The molecule has 0 unspecified atom stereocenters. The lowest BCUT2D eigenvalue weighted by Gasteiger charge is -2.07. The van der Waals surface area contributed by atoms with Crippen LogP contribution in [0.5, 0.6) is 0 Å². The molecule has 0 amide bonds. The van der Waals surface area contributed by atoms with Gasteiger partial charge in [0.1, 0.15) is 11.6 Å². The molecule has 5 heteroatoms. The molecule has 0 aliphatic heterocycles. The summed E-state index contributed by atoms with van der Waals surface area (Å²) in [6.07, 6.45) is 0. The minimum absolute atomic E-state index is 0.223. The fourth-order valence-corrected chi connectivity index (χ4v) is 2.80. The number of hydrogen-bond acceptors (Lipinski definition) is 3. The van der Waals surface area contributed by atoms with E-state index >= 15 is 0 Å². The summed E-state index contributed by atoms with van der Waals surface area (Å²) in [5.74, 6) is 0.441. The molecular formula is C14H13FN2OS. The monoisotopic (exact) mass is 276 g/mol.